The Hall–Kier alpha value is -2.20. The highest BCUT2D eigenvalue weighted by atomic mass is 15.3. The van der Waals surface area contributed by atoms with Gasteiger partial charge in [-0.15, -0.1) is 0 Å². The van der Waals surface area contributed by atoms with Gasteiger partial charge >= 0.3 is 0 Å². The van der Waals surface area contributed by atoms with E-state index in [0.29, 0.717) is 0 Å². The maximum atomic E-state index is 4.69. The minimum atomic E-state index is 0.219. The molecule has 1 atom stereocenters. The van der Waals surface area contributed by atoms with Crippen molar-refractivity contribution in [2.45, 2.75) is 19.4 Å². The van der Waals surface area contributed by atoms with Crippen molar-refractivity contribution in [1.82, 2.24) is 20.1 Å². The number of likely N-dealkylation sites (N-methyl/N-ethyl adjacent to an activating group) is 1. The molecule has 0 fully saturated rings. The zero-order chi connectivity index (χ0) is 14.8. The number of rotatable bonds is 4. The fraction of sp³-hybridized carbons (Fsp3) is 0.294. The van der Waals surface area contributed by atoms with E-state index in [2.05, 4.69) is 52.7 Å². The van der Waals surface area contributed by atoms with Gasteiger partial charge in [0.1, 0.15) is 0 Å². The minimum Gasteiger partial charge on any atom is -0.313 e. The Morgan fingerprint density at radius 3 is 2.76 bits per heavy atom. The van der Waals surface area contributed by atoms with Gasteiger partial charge in [0.05, 0.1) is 11.2 Å². The van der Waals surface area contributed by atoms with E-state index in [4.69, 9.17) is 0 Å². The SMILES string of the molecule is CNC(Cc1nn(C)c2ccccc12)c1cccnc1C. The Morgan fingerprint density at radius 2 is 2.00 bits per heavy atom. The number of nitrogens with one attached hydrogen (secondary N) is 1. The fourth-order valence-corrected chi connectivity index (χ4v) is 2.87. The van der Waals surface area contributed by atoms with E-state index < -0.39 is 0 Å². The molecule has 0 amide bonds. The molecule has 4 nitrogen and oxygen atoms in total. The second-order valence-corrected chi connectivity index (χ2v) is 5.31. The molecule has 0 spiro atoms. The lowest BCUT2D eigenvalue weighted by atomic mass is 9.99. The second kappa shape index (κ2) is 5.66. The monoisotopic (exact) mass is 280 g/mol. The number of fused-ring (bicyclic) bond motifs is 1. The lowest BCUT2D eigenvalue weighted by Gasteiger charge is -2.17. The molecule has 0 radical (unpaired) electrons. The van der Waals surface area contributed by atoms with Gasteiger partial charge in [0.2, 0.25) is 0 Å². The van der Waals surface area contributed by atoms with Crippen LogP contribution in [0.15, 0.2) is 42.6 Å². The van der Waals surface area contributed by atoms with Gasteiger partial charge < -0.3 is 5.32 Å². The molecule has 1 aromatic carbocycles. The van der Waals surface area contributed by atoms with Crippen LogP contribution in [0.5, 0.6) is 0 Å². The standard InChI is InChI=1S/C17H20N4/c1-12-13(8-6-10-19-12)15(18-2)11-16-14-7-4-5-9-17(14)21(3)20-16/h4-10,15,18H,11H2,1-3H3. The number of nitrogens with zero attached hydrogens (tertiary/aromatic N) is 3. The number of aryl methyl sites for hydroxylation is 2. The van der Waals surface area contributed by atoms with Crippen LogP contribution in [0.3, 0.4) is 0 Å². The number of pyridine rings is 1. The van der Waals surface area contributed by atoms with E-state index >= 15 is 0 Å². The van der Waals surface area contributed by atoms with E-state index in [0.717, 1.165) is 17.8 Å². The van der Waals surface area contributed by atoms with Crippen molar-refractivity contribution in [3.63, 3.8) is 0 Å². The average molecular weight is 280 g/mol. The summed E-state index contributed by atoms with van der Waals surface area (Å²) in [5, 5.41) is 9.31. The molecule has 0 aliphatic heterocycles. The molecule has 0 saturated heterocycles. The number of para-hydroxylation sites is 1. The topological polar surface area (TPSA) is 42.7 Å². The van der Waals surface area contributed by atoms with Crippen molar-refractivity contribution < 1.29 is 0 Å². The zero-order valence-corrected chi connectivity index (χ0v) is 12.7. The number of hydrogen-bond donors (Lipinski definition) is 1. The Bertz CT molecular complexity index is 760. The van der Waals surface area contributed by atoms with E-state index in [1.165, 1.54) is 16.5 Å². The minimum absolute atomic E-state index is 0.219. The molecule has 0 aliphatic rings. The van der Waals surface area contributed by atoms with Gasteiger partial charge in [0.25, 0.3) is 0 Å². The smallest absolute Gasteiger partial charge is 0.0722 e. The summed E-state index contributed by atoms with van der Waals surface area (Å²) in [6.07, 6.45) is 2.69. The molecular formula is C17H20N4. The molecule has 0 saturated carbocycles. The van der Waals surface area contributed by atoms with Gasteiger partial charge in [-0.1, -0.05) is 24.3 Å². The van der Waals surface area contributed by atoms with Gasteiger partial charge in [0, 0.05) is 36.8 Å². The molecule has 3 rings (SSSR count). The average Bonchev–Trinajstić information content (AvgIpc) is 2.82. The lowest BCUT2D eigenvalue weighted by molar-refractivity contribution is 0.574. The van der Waals surface area contributed by atoms with Crippen LogP contribution in [0.25, 0.3) is 10.9 Å². The van der Waals surface area contributed by atoms with Gasteiger partial charge in [-0.05, 0) is 31.7 Å². The Balaban J connectivity index is 1.99. The predicted octanol–water partition coefficient (Wildman–Crippen LogP) is 2.78. The highest BCUT2D eigenvalue weighted by Gasteiger charge is 2.17. The summed E-state index contributed by atoms with van der Waals surface area (Å²) < 4.78 is 1.95. The molecule has 2 heterocycles. The summed E-state index contributed by atoms with van der Waals surface area (Å²) in [4.78, 5) is 4.39. The highest BCUT2D eigenvalue weighted by molar-refractivity contribution is 5.81. The third-order valence-electron chi connectivity index (χ3n) is 4.00. The van der Waals surface area contributed by atoms with E-state index in [1.54, 1.807) is 0 Å². The summed E-state index contributed by atoms with van der Waals surface area (Å²) in [5.41, 5.74) is 4.59. The first-order valence-corrected chi connectivity index (χ1v) is 7.20. The second-order valence-electron chi connectivity index (χ2n) is 5.31. The van der Waals surface area contributed by atoms with Crippen LogP contribution < -0.4 is 5.32 Å². The van der Waals surface area contributed by atoms with E-state index in [1.807, 2.05) is 31.0 Å². The maximum absolute atomic E-state index is 4.69. The van der Waals surface area contributed by atoms with Crippen LogP contribution in [-0.4, -0.2) is 21.8 Å². The van der Waals surface area contributed by atoms with Crippen molar-refractivity contribution in [2.75, 3.05) is 7.05 Å². The highest BCUT2D eigenvalue weighted by Crippen LogP contribution is 2.24. The number of benzene rings is 1. The number of hydrogen-bond acceptors (Lipinski definition) is 3. The van der Waals surface area contributed by atoms with Crippen molar-refractivity contribution in [3.8, 4) is 0 Å². The third kappa shape index (κ3) is 2.54. The van der Waals surface area contributed by atoms with Gasteiger partial charge in [-0.2, -0.15) is 5.10 Å². The molecule has 4 heteroatoms. The molecule has 3 aromatic rings. The molecule has 108 valence electrons. The summed E-state index contributed by atoms with van der Waals surface area (Å²) in [5.74, 6) is 0. The van der Waals surface area contributed by atoms with Crippen molar-refractivity contribution in [1.29, 1.82) is 0 Å². The largest absolute Gasteiger partial charge is 0.313 e. The van der Waals surface area contributed by atoms with Crippen LogP contribution >= 0.6 is 0 Å². The predicted molar refractivity (Wildman–Crippen MR) is 85.2 cm³/mol. The Kier molecular flexibility index (Phi) is 3.71. The first-order chi connectivity index (χ1) is 10.2. The third-order valence-corrected chi connectivity index (χ3v) is 4.00. The maximum Gasteiger partial charge on any atom is 0.0722 e. The molecule has 21 heavy (non-hydrogen) atoms. The van der Waals surface area contributed by atoms with Gasteiger partial charge in [0.15, 0.2) is 0 Å². The van der Waals surface area contributed by atoms with Gasteiger partial charge in [-0.3, -0.25) is 9.67 Å². The van der Waals surface area contributed by atoms with Gasteiger partial charge in [-0.25, -0.2) is 0 Å². The summed E-state index contributed by atoms with van der Waals surface area (Å²) in [6.45, 7) is 2.05. The normalized spacial score (nSPS) is 12.7. The lowest BCUT2D eigenvalue weighted by Crippen LogP contribution is -2.20. The zero-order valence-electron chi connectivity index (χ0n) is 12.7. The van der Waals surface area contributed by atoms with Crippen LogP contribution in [0, 0.1) is 6.92 Å². The van der Waals surface area contributed by atoms with Crippen molar-refractivity contribution in [2.24, 2.45) is 7.05 Å². The van der Waals surface area contributed by atoms with E-state index in [9.17, 15) is 0 Å². The molecule has 1 N–H and O–H groups in total. The van der Waals surface area contributed by atoms with Crippen LogP contribution in [0.4, 0.5) is 0 Å². The molecule has 1 unspecified atom stereocenters. The molecule has 0 bridgehead atoms. The van der Waals surface area contributed by atoms with Crippen molar-refractivity contribution in [3.05, 3.63) is 59.5 Å². The molecule has 0 aliphatic carbocycles. The Morgan fingerprint density at radius 1 is 1.19 bits per heavy atom. The first-order valence-electron chi connectivity index (χ1n) is 7.20. The van der Waals surface area contributed by atoms with Crippen LogP contribution in [-0.2, 0) is 13.5 Å². The first kappa shape index (κ1) is 13.8. The summed E-state index contributed by atoms with van der Waals surface area (Å²) in [7, 11) is 3.98. The molecule has 2 aromatic heterocycles. The Labute approximate surface area is 124 Å². The van der Waals surface area contributed by atoms with E-state index in [-0.39, 0.29) is 6.04 Å². The van der Waals surface area contributed by atoms with Crippen LogP contribution in [0.1, 0.15) is 23.0 Å². The summed E-state index contributed by atoms with van der Waals surface area (Å²) in [6, 6.07) is 12.7. The fourth-order valence-electron chi connectivity index (χ4n) is 2.87. The van der Waals surface area contributed by atoms with Crippen molar-refractivity contribution >= 4 is 10.9 Å². The van der Waals surface area contributed by atoms with Crippen LogP contribution in [0.2, 0.25) is 0 Å². The number of aromatic nitrogens is 3. The quantitative estimate of drug-likeness (QED) is 0.799. The summed E-state index contributed by atoms with van der Waals surface area (Å²) >= 11 is 0. The molecular weight excluding hydrogens is 260 g/mol.